The first-order chi connectivity index (χ1) is 6.65. The molecule has 0 bridgehead atoms. The van der Waals surface area contributed by atoms with Crippen molar-refractivity contribution in [3.8, 4) is 0 Å². The summed E-state index contributed by atoms with van der Waals surface area (Å²) in [5.74, 6) is 0.250. The molecule has 1 rings (SSSR count). The summed E-state index contributed by atoms with van der Waals surface area (Å²) >= 11 is 0. The van der Waals surface area contributed by atoms with Gasteiger partial charge < -0.3 is 0 Å². The number of hydrogen-bond acceptors (Lipinski definition) is 0. The molecule has 0 aromatic heterocycles. The van der Waals surface area contributed by atoms with Crippen molar-refractivity contribution in [2.24, 2.45) is 0 Å². The Morgan fingerprint density at radius 1 is 1.29 bits per heavy atom. The van der Waals surface area contributed by atoms with Crippen LogP contribution in [0, 0.1) is 12.7 Å². The lowest BCUT2D eigenvalue weighted by atomic mass is 9.97. The van der Waals surface area contributed by atoms with E-state index in [1.54, 1.807) is 12.1 Å². The van der Waals surface area contributed by atoms with Gasteiger partial charge in [-0.2, -0.15) is 0 Å². The molecule has 0 spiro atoms. The third-order valence-corrected chi connectivity index (χ3v) is 2.29. The Morgan fingerprint density at radius 2 is 1.86 bits per heavy atom. The maximum absolute atomic E-state index is 13.2. The van der Waals surface area contributed by atoms with Crippen molar-refractivity contribution in [1.29, 1.82) is 0 Å². The van der Waals surface area contributed by atoms with E-state index in [-0.39, 0.29) is 5.82 Å². The van der Waals surface area contributed by atoms with Crippen LogP contribution in [0.4, 0.5) is 4.39 Å². The van der Waals surface area contributed by atoms with E-state index in [1.807, 2.05) is 26.8 Å². The van der Waals surface area contributed by atoms with Crippen LogP contribution in [0.2, 0.25) is 0 Å². The summed E-state index contributed by atoms with van der Waals surface area (Å²) < 4.78 is 13.2. The van der Waals surface area contributed by atoms with Gasteiger partial charge >= 0.3 is 0 Å². The molecule has 0 nitrogen and oxygen atoms in total. The summed E-state index contributed by atoms with van der Waals surface area (Å²) in [5, 5.41) is 0. The molecule has 0 N–H and O–H groups in total. The maximum atomic E-state index is 13.2. The standard InChI is InChI=1S/C11H15F.C2H6/c1-4-9(3)10-7-8(2)5-6-11(10)12;1-2/h5-7,9H,4H2,1-3H3;1-2H3. The molecular weight excluding hydrogens is 175 g/mol. The molecule has 1 aromatic carbocycles. The van der Waals surface area contributed by atoms with Crippen molar-refractivity contribution in [2.75, 3.05) is 0 Å². The number of rotatable bonds is 2. The Morgan fingerprint density at radius 3 is 2.36 bits per heavy atom. The first-order valence-electron chi connectivity index (χ1n) is 5.41. The molecule has 0 heterocycles. The second kappa shape index (κ2) is 6.58. The highest BCUT2D eigenvalue weighted by molar-refractivity contribution is 5.26. The van der Waals surface area contributed by atoms with Crippen molar-refractivity contribution in [3.63, 3.8) is 0 Å². The van der Waals surface area contributed by atoms with Gasteiger partial charge in [0, 0.05) is 0 Å². The van der Waals surface area contributed by atoms with E-state index in [9.17, 15) is 4.39 Å². The SMILES string of the molecule is CC.CCC(C)c1cc(C)ccc1F. The molecule has 80 valence electrons. The van der Waals surface area contributed by atoms with E-state index in [0.29, 0.717) is 5.92 Å². The lowest BCUT2D eigenvalue weighted by Crippen LogP contribution is -1.96. The minimum absolute atomic E-state index is 0.0741. The third kappa shape index (κ3) is 3.49. The summed E-state index contributed by atoms with van der Waals surface area (Å²) in [6, 6.07) is 5.29. The van der Waals surface area contributed by atoms with Crippen LogP contribution < -0.4 is 0 Å². The highest BCUT2D eigenvalue weighted by Crippen LogP contribution is 2.22. The molecule has 0 saturated carbocycles. The second-order valence-corrected chi connectivity index (χ2v) is 3.33. The predicted octanol–water partition coefficient (Wildman–Crippen LogP) is 4.67. The van der Waals surface area contributed by atoms with Gasteiger partial charge in [0.15, 0.2) is 0 Å². The largest absolute Gasteiger partial charge is 0.207 e. The number of benzene rings is 1. The highest BCUT2D eigenvalue weighted by atomic mass is 19.1. The predicted molar refractivity (Wildman–Crippen MR) is 61.2 cm³/mol. The zero-order valence-corrected chi connectivity index (χ0v) is 9.89. The summed E-state index contributed by atoms with van der Waals surface area (Å²) in [7, 11) is 0. The van der Waals surface area contributed by atoms with Gasteiger partial charge in [0.05, 0.1) is 0 Å². The van der Waals surface area contributed by atoms with Crippen LogP contribution in [0.1, 0.15) is 51.2 Å². The summed E-state index contributed by atoms with van der Waals surface area (Å²) in [5.41, 5.74) is 1.98. The van der Waals surface area contributed by atoms with Crippen molar-refractivity contribution < 1.29 is 4.39 Å². The topological polar surface area (TPSA) is 0 Å². The van der Waals surface area contributed by atoms with Crippen molar-refractivity contribution in [2.45, 2.75) is 47.0 Å². The fourth-order valence-corrected chi connectivity index (χ4v) is 1.26. The fourth-order valence-electron chi connectivity index (χ4n) is 1.26. The van der Waals surface area contributed by atoms with E-state index >= 15 is 0 Å². The van der Waals surface area contributed by atoms with E-state index in [2.05, 4.69) is 13.8 Å². The number of aryl methyl sites for hydroxylation is 1. The first-order valence-corrected chi connectivity index (χ1v) is 5.41. The Hall–Kier alpha value is -0.850. The average Bonchev–Trinajstić information content (AvgIpc) is 2.23. The maximum Gasteiger partial charge on any atom is 0.126 e. The quantitative estimate of drug-likeness (QED) is 0.644. The molecule has 1 atom stereocenters. The molecule has 0 saturated heterocycles. The minimum atomic E-state index is -0.0741. The van der Waals surface area contributed by atoms with E-state index in [4.69, 9.17) is 0 Å². The molecule has 0 aliphatic heterocycles. The van der Waals surface area contributed by atoms with Gasteiger partial charge in [-0.05, 0) is 30.9 Å². The Kier molecular flexibility index (Phi) is 6.18. The smallest absolute Gasteiger partial charge is 0.126 e. The molecule has 14 heavy (non-hydrogen) atoms. The number of halogens is 1. The molecule has 1 aromatic rings. The molecule has 0 aliphatic rings. The van der Waals surface area contributed by atoms with Crippen LogP contribution in [-0.4, -0.2) is 0 Å². The van der Waals surface area contributed by atoms with Crippen LogP contribution >= 0.6 is 0 Å². The Balaban J connectivity index is 0.000000791. The summed E-state index contributed by atoms with van der Waals surface area (Å²) in [6.45, 7) is 10.1. The molecule has 1 heteroatoms. The second-order valence-electron chi connectivity index (χ2n) is 3.33. The average molecular weight is 196 g/mol. The van der Waals surface area contributed by atoms with Crippen molar-refractivity contribution in [1.82, 2.24) is 0 Å². The lowest BCUT2D eigenvalue weighted by Gasteiger charge is -2.10. The summed E-state index contributed by atoms with van der Waals surface area (Å²) in [6.07, 6.45) is 0.986. The molecular formula is C13H21F. The molecule has 0 aliphatic carbocycles. The third-order valence-electron chi connectivity index (χ3n) is 2.29. The molecule has 0 fully saturated rings. The summed E-state index contributed by atoms with van der Waals surface area (Å²) in [4.78, 5) is 0. The normalized spacial score (nSPS) is 11.6. The minimum Gasteiger partial charge on any atom is -0.207 e. The van der Waals surface area contributed by atoms with E-state index < -0.39 is 0 Å². The van der Waals surface area contributed by atoms with Gasteiger partial charge in [-0.25, -0.2) is 4.39 Å². The molecule has 1 unspecified atom stereocenters. The fraction of sp³-hybridized carbons (Fsp3) is 0.538. The van der Waals surface area contributed by atoms with Gasteiger partial charge in [-0.15, -0.1) is 0 Å². The van der Waals surface area contributed by atoms with Gasteiger partial charge in [0.2, 0.25) is 0 Å². The first kappa shape index (κ1) is 13.2. The van der Waals surface area contributed by atoms with Crippen LogP contribution in [0.3, 0.4) is 0 Å². The zero-order valence-electron chi connectivity index (χ0n) is 9.89. The van der Waals surface area contributed by atoms with E-state index in [0.717, 1.165) is 17.5 Å². The Bertz CT molecular complexity index is 266. The van der Waals surface area contributed by atoms with Crippen LogP contribution in [0.15, 0.2) is 18.2 Å². The van der Waals surface area contributed by atoms with E-state index in [1.165, 1.54) is 0 Å². The van der Waals surface area contributed by atoms with Crippen LogP contribution in [0.25, 0.3) is 0 Å². The van der Waals surface area contributed by atoms with Crippen molar-refractivity contribution >= 4 is 0 Å². The number of hydrogen-bond donors (Lipinski definition) is 0. The van der Waals surface area contributed by atoms with Gasteiger partial charge in [0.1, 0.15) is 5.82 Å². The van der Waals surface area contributed by atoms with Crippen LogP contribution in [-0.2, 0) is 0 Å². The van der Waals surface area contributed by atoms with Gasteiger partial charge in [-0.1, -0.05) is 45.4 Å². The monoisotopic (exact) mass is 196 g/mol. The van der Waals surface area contributed by atoms with Gasteiger partial charge in [-0.3, -0.25) is 0 Å². The molecule has 0 amide bonds. The lowest BCUT2D eigenvalue weighted by molar-refractivity contribution is 0.583. The van der Waals surface area contributed by atoms with Crippen LogP contribution in [0.5, 0.6) is 0 Å². The molecule has 0 radical (unpaired) electrons. The van der Waals surface area contributed by atoms with Gasteiger partial charge in [0.25, 0.3) is 0 Å². The highest BCUT2D eigenvalue weighted by Gasteiger charge is 2.08. The van der Waals surface area contributed by atoms with Crippen molar-refractivity contribution in [3.05, 3.63) is 35.1 Å². The zero-order chi connectivity index (χ0) is 11.1. The Labute approximate surface area is 87.2 Å².